The van der Waals surface area contributed by atoms with Gasteiger partial charge >= 0.3 is 0 Å². The summed E-state index contributed by atoms with van der Waals surface area (Å²) < 4.78 is 38.4. The third-order valence-electron chi connectivity index (χ3n) is 5.77. The highest BCUT2D eigenvalue weighted by Crippen LogP contribution is 2.41. The van der Waals surface area contributed by atoms with E-state index in [1.165, 1.54) is 18.2 Å². The molecular formula is C27H23Cl2N3O6S. The molecule has 0 radical (unpaired) electrons. The van der Waals surface area contributed by atoms with E-state index in [0.29, 0.717) is 45.8 Å². The number of phenolic OH excluding ortho intramolecular Hbond substituents is 1. The zero-order chi connectivity index (χ0) is 28.3. The van der Waals surface area contributed by atoms with Gasteiger partial charge in [0, 0.05) is 11.1 Å². The Hall–Kier alpha value is -3.70. The van der Waals surface area contributed by atoms with E-state index in [9.17, 15) is 22.9 Å². The van der Waals surface area contributed by atoms with E-state index in [1.807, 2.05) is 6.92 Å². The number of hydrogen-bond donors (Lipinski definition) is 3. The molecule has 0 atom stereocenters. The molecule has 0 unspecified atom stereocenters. The first-order chi connectivity index (χ1) is 18.5. The SMILES string of the molecule is CCOc1ccc(NC(=O)c2cc3ccccc3c(N=Nc3cc(S(=O)(=O)O)cc(CC)c3Cl)c2O)cc1Cl. The largest absolute Gasteiger partial charge is 0.505 e. The van der Waals surface area contributed by atoms with Gasteiger partial charge in [-0.1, -0.05) is 54.4 Å². The number of nitrogens with zero attached hydrogens (tertiary/aromatic N) is 2. The van der Waals surface area contributed by atoms with Crippen molar-refractivity contribution < 1.29 is 27.6 Å². The van der Waals surface area contributed by atoms with Crippen LogP contribution in [0, 0.1) is 0 Å². The summed E-state index contributed by atoms with van der Waals surface area (Å²) in [6.45, 7) is 4.01. The first kappa shape index (κ1) is 28.3. The quantitative estimate of drug-likeness (QED) is 0.142. The number of fused-ring (bicyclic) bond motifs is 1. The summed E-state index contributed by atoms with van der Waals surface area (Å²) >= 11 is 12.6. The van der Waals surface area contributed by atoms with Crippen LogP contribution >= 0.6 is 23.2 Å². The van der Waals surface area contributed by atoms with E-state index in [-0.39, 0.29) is 22.0 Å². The fraction of sp³-hybridized carbons (Fsp3) is 0.148. The summed E-state index contributed by atoms with van der Waals surface area (Å²) in [5, 5.41) is 23.6. The van der Waals surface area contributed by atoms with Gasteiger partial charge in [0.1, 0.15) is 17.1 Å². The van der Waals surface area contributed by atoms with Crippen molar-refractivity contribution in [3.8, 4) is 11.5 Å². The van der Waals surface area contributed by atoms with Crippen LogP contribution in [0.25, 0.3) is 10.8 Å². The Labute approximate surface area is 234 Å². The van der Waals surface area contributed by atoms with Crippen molar-refractivity contribution in [3.05, 3.63) is 81.8 Å². The van der Waals surface area contributed by atoms with Gasteiger partial charge in [0.25, 0.3) is 16.0 Å². The fourth-order valence-corrected chi connectivity index (χ4v) is 4.93. The summed E-state index contributed by atoms with van der Waals surface area (Å²) in [5.74, 6) is -0.615. The molecule has 0 aliphatic heterocycles. The Balaban J connectivity index is 1.78. The van der Waals surface area contributed by atoms with Crippen molar-refractivity contribution in [2.75, 3.05) is 11.9 Å². The average molecular weight is 588 g/mol. The van der Waals surface area contributed by atoms with Crippen LogP contribution in [0.5, 0.6) is 11.5 Å². The summed E-state index contributed by atoms with van der Waals surface area (Å²) in [6, 6.07) is 15.5. The molecule has 3 N–H and O–H groups in total. The summed E-state index contributed by atoms with van der Waals surface area (Å²) in [7, 11) is -4.54. The number of benzene rings is 4. The van der Waals surface area contributed by atoms with Crippen molar-refractivity contribution in [1.29, 1.82) is 0 Å². The molecule has 0 saturated carbocycles. The molecule has 4 rings (SSSR count). The summed E-state index contributed by atoms with van der Waals surface area (Å²) in [4.78, 5) is 12.8. The molecule has 0 fully saturated rings. The number of nitrogens with one attached hydrogen (secondary N) is 1. The highest BCUT2D eigenvalue weighted by Gasteiger charge is 2.20. The summed E-state index contributed by atoms with van der Waals surface area (Å²) in [5.41, 5.74) is 0.655. The standard InChI is InChI=1S/C27H23Cl2N3O6S/c1-3-15-11-18(39(35,36)37)14-22(24(15)29)31-32-25-19-8-6-5-7-16(19)12-20(26(25)33)27(34)30-17-9-10-23(38-4-2)21(28)13-17/h5-14,33H,3-4H2,1-2H3,(H,30,34)(H,35,36,37). The van der Waals surface area contributed by atoms with Crippen molar-refractivity contribution in [3.63, 3.8) is 0 Å². The molecule has 4 aromatic rings. The average Bonchev–Trinajstić information content (AvgIpc) is 2.89. The van der Waals surface area contributed by atoms with Crippen LogP contribution in [0.2, 0.25) is 10.0 Å². The lowest BCUT2D eigenvalue weighted by atomic mass is 10.0. The summed E-state index contributed by atoms with van der Waals surface area (Å²) in [6.07, 6.45) is 0.365. The Morgan fingerprint density at radius 3 is 2.44 bits per heavy atom. The first-order valence-electron chi connectivity index (χ1n) is 11.7. The number of aryl methyl sites for hydroxylation is 1. The maximum atomic E-state index is 13.2. The zero-order valence-electron chi connectivity index (χ0n) is 20.8. The van der Waals surface area contributed by atoms with Gasteiger partial charge in [0.2, 0.25) is 0 Å². The van der Waals surface area contributed by atoms with E-state index in [4.69, 9.17) is 27.9 Å². The number of carbonyl (C=O) groups excluding carboxylic acids is 1. The van der Waals surface area contributed by atoms with Gasteiger partial charge in [-0.2, -0.15) is 8.42 Å². The van der Waals surface area contributed by atoms with Gasteiger partial charge in [-0.25, -0.2) is 0 Å². The number of phenols is 1. The fourth-order valence-electron chi connectivity index (χ4n) is 3.86. The number of azo groups is 1. The molecule has 202 valence electrons. The van der Waals surface area contributed by atoms with Gasteiger partial charge in [-0.15, -0.1) is 10.2 Å². The molecular weight excluding hydrogens is 565 g/mol. The normalized spacial score (nSPS) is 11.7. The predicted molar refractivity (Wildman–Crippen MR) is 151 cm³/mol. The van der Waals surface area contributed by atoms with Gasteiger partial charge in [0.15, 0.2) is 5.75 Å². The molecule has 0 saturated heterocycles. The van der Waals surface area contributed by atoms with E-state index in [0.717, 1.165) is 6.07 Å². The van der Waals surface area contributed by atoms with Gasteiger partial charge < -0.3 is 15.2 Å². The highest BCUT2D eigenvalue weighted by molar-refractivity contribution is 7.85. The Morgan fingerprint density at radius 2 is 1.77 bits per heavy atom. The molecule has 0 bridgehead atoms. The van der Waals surface area contributed by atoms with Crippen LogP contribution in [0.4, 0.5) is 17.1 Å². The lowest BCUT2D eigenvalue weighted by molar-refractivity contribution is 0.102. The molecule has 9 nitrogen and oxygen atoms in total. The van der Waals surface area contributed by atoms with Gasteiger partial charge in [-0.05, 0) is 60.7 Å². The second-order valence-electron chi connectivity index (χ2n) is 8.32. The van der Waals surface area contributed by atoms with E-state index >= 15 is 0 Å². The second kappa shape index (κ2) is 11.6. The predicted octanol–water partition coefficient (Wildman–Crippen LogP) is 7.73. The number of carbonyl (C=O) groups is 1. The van der Waals surface area contributed by atoms with E-state index in [2.05, 4.69) is 15.5 Å². The van der Waals surface area contributed by atoms with Crippen molar-refractivity contribution in [2.45, 2.75) is 25.2 Å². The van der Waals surface area contributed by atoms with Gasteiger partial charge in [0.05, 0.1) is 27.1 Å². The molecule has 0 aliphatic rings. The van der Waals surface area contributed by atoms with Crippen molar-refractivity contribution in [2.24, 2.45) is 10.2 Å². The number of ether oxygens (including phenoxy) is 1. The zero-order valence-corrected chi connectivity index (χ0v) is 23.1. The Kier molecular flexibility index (Phi) is 8.41. The van der Waals surface area contributed by atoms with Crippen LogP contribution in [0.3, 0.4) is 0 Å². The minimum Gasteiger partial charge on any atom is -0.505 e. The number of rotatable bonds is 8. The molecule has 39 heavy (non-hydrogen) atoms. The molecule has 1 amide bonds. The molecule has 12 heteroatoms. The smallest absolute Gasteiger partial charge is 0.294 e. The monoisotopic (exact) mass is 587 g/mol. The number of halogens is 2. The van der Waals surface area contributed by atoms with Crippen LogP contribution in [-0.2, 0) is 16.5 Å². The van der Waals surface area contributed by atoms with Crippen LogP contribution in [0.15, 0.2) is 75.8 Å². The minimum atomic E-state index is -4.54. The van der Waals surface area contributed by atoms with Gasteiger partial charge in [-0.3, -0.25) is 9.35 Å². The molecule has 0 spiro atoms. The lowest BCUT2D eigenvalue weighted by Crippen LogP contribution is -2.12. The maximum Gasteiger partial charge on any atom is 0.294 e. The van der Waals surface area contributed by atoms with E-state index < -0.39 is 26.7 Å². The number of aromatic hydroxyl groups is 1. The lowest BCUT2D eigenvalue weighted by Gasteiger charge is -2.12. The number of amides is 1. The number of hydrogen-bond acceptors (Lipinski definition) is 7. The highest BCUT2D eigenvalue weighted by atomic mass is 35.5. The Morgan fingerprint density at radius 1 is 1.03 bits per heavy atom. The number of anilines is 1. The third-order valence-corrected chi connectivity index (χ3v) is 7.33. The third kappa shape index (κ3) is 6.15. The second-order valence-corrected chi connectivity index (χ2v) is 10.5. The van der Waals surface area contributed by atoms with Crippen LogP contribution < -0.4 is 10.1 Å². The van der Waals surface area contributed by atoms with Crippen LogP contribution in [0.1, 0.15) is 29.8 Å². The first-order valence-corrected chi connectivity index (χ1v) is 13.9. The minimum absolute atomic E-state index is 0.0330. The van der Waals surface area contributed by atoms with Crippen LogP contribution in [-0.4, -0.2) is 30.6 Å². The van der Waals surface area contributed by atoms with Crippen molar-refractivity contribution >= 4 is 67.1 Å². The molecule has 0 heterocycles. The van der Waals surface area contributed by atoms with Crippen molar-refractivity contribution in [1.82, 2.24) is 0 Å². The van der Waals surface area contributed by atoms with E-state index in [1.54, 1.807) is 43.3 Å². The molecule has 0 aromatic heterocycles. The molecule has 0 aliphatic carbocycles. The topological polar surface area (TPSA) is 138 Å². The molecule has 4 aromatic carbocycles. The maximum absolute atomic E-state index is 13.2. The Bertz CT molecular complexity index is 1720.